The van der Waals surface area contributed by atoms with Crippen LogP contribution in [0.25, 0.3) is 0 Å². The average molecular weight is 281 g/mol. The van der Waals surface area contributed by atoms with E-state index in [1.54, 1.807) is 16.2 Å². The highest BCUT2D eigenvalue weighted by atomic mass is 32.1. The highest BCUT2D eigenvalue weighted by Gasteiger charge is 2.32. The zero-order valence-corrected chi connectivity index (χ0v) is 11.9. The molecule has 0 bridgehead atoms. The third kappa shape index (κ3) is 3.56. The van der Waals surface area contributed by atoms with E-state index in [1.807, 2.05) is 17.5 Å². The summed E-state index contributed by atoms with van der Waals surface area (Å²) in [6.07, 6.45) is 3.89. The van der Waals surface area contributed by atoms with Crippen molar-refractivity contribution in [1.82, 2.24) is 4.90 Å². The van der Waals surface area contributed by atoms with Crippen molar-refractivity contribution in [2.24, 2.45) is 0 Å². The molecule has 19 heavy (non-hydrogen) atoms. The molecule has 2 rings (SSSR count). The van der Waals surface area contributed by atoms with Gasteiger partial charge in [0.1, 0.15) is 6.04 Å². The van der Waals surface area contributed by atoms with Crippen molar-refractivity contribution in [3.8, 4) is 0 Å². The van der Waals surface area contributed by atoms with Crippen LogP contribution in [0.3, 0.4) is 0 Å². The van der Waals surface area contributed by atoms with Crippen molar-refractivity contribution in [1.29, 1.82) is 0 Å². The third-order valence-corrected chi connectivity index (χ3v) is 4.40. The first kappa shape index (κ1) is 14.1. The number of aryl methyl sites for hydroxylation is 1. The van der Waals surface area contributed by atoms with Crippen LogP contribution < -0.4 is 0 Å². The maximum atomic E-state index is 12.2. The third-order valence-electron chi connectivity index (χ3n) is 3.46. The summed E-state index contributed by atoms with van der Waals surface area (Å²) in [5.41, 5.74) is 0. The van der Waals surface area contributed by atoms with E-state index in [2.05, 4.69) is 0 Å². The second kappa shape index (κ2) is 6.70. The first-order valence-corrected chi connectivity index (χ1v) is 7.50. The molecule has 1 aromatic rings. The van der Waals surface area contributed by atoms with Gasteiger partial charge in [-0.15, -0.1) is 11.3 Å². The van der Waals surface area contributed by atoms with Crippen molar-refractivity contribution in [2.45, 2.75) is 38.1 Å². The number of carbonyl (C=O) groups is 2. The van der Waals surface area contributed by atoms with Gasteiger partial charge in [-0.25, -0.2) is 4.79 Å². The van der Waals surface area contributed by atoms with E-state index in [9.17, 15) is 9.59 Å². The molecule has 0 N–H and O–H groups in total. The topological polar surface area (TPSA) is 46.6 Å². The van der Waals surface area contributed by atoms with Crippen LogP contribution in [0.15, 0.2) is 17.5 Å². The molecule has 5 heteroatoms. The minimum Gasteiger partial charge on any atom is -0.467 e. The van der Waals surface area contributed by atoms with Gasteiger partial charge in [0.05, 0.1) is 7.11 Å². The summed E-state index contributed by atoms with van der Waals surface area (Å²) in [5.74, 6) is -0.229. The van der Waals surface area contributed by atoms with Crippen LogP contribution in [0.5, 0.6) is 0 Å². The van der Waals surface area contributed by atoms with E-state index in [4.69, 9.17) is 4.74 Å². The van der Waals surface area contributed by atoms with Crippen molar-refractivity contribution in [3.05, 3.63) is 22.4 Å². The van der Waals surface area contributed by atoms with Crippen LogP contribution in [0.2, 0.25) is 0 Å². The lowest BCUT2D eigenvalue weighted by atomic mass is 10.0. The molecule has 1 amide bonds. The smallest absolute Gasteiger partial charge is 0.328 e. The zero-order chi connectivity index (χ0) is 13.7. The molecule has 1 aromatic heterocycles. The molecule has 2 heterocycles. The fraction of sp³-hybridized carbons (Fsp3) is 0.571. The highest BCUT2D eigenvalue weighted by molar-refractivity contribution is 7.09. The Morgan fingerprint density at radius 2 is 2.32 bits per heavy atom. The first-order chi connectivity index (χ1) is 9.22. The number of piperidine rings is 1. The van der Waals surface area contributed by atoms with E-state index in [0.717, 1.165) is 25.7 Å². The molecule has 0 unspecified atom stereocenters. The Morgan fingerprint density at radius 1 is 1.47 bits per heavy atom. The minimum atomic E-state index is -0.380. The Bertz CT molecular complexity index is 430. The SMILES string of the molecule is COC(=O)[C@H]1CCCCN1C(=O)CCc1cccs1. The van der Waals surface area contributed by atoms with Crippen LogP contribution in [0.1, 0.15) is 30.6 Å². The van der Waals surface area contributed by atoms with Crippen LogP contribution in [0.4, 0.5) is 0 Å². The van der Waals surface area contributed by atoms with E-state index in [-0.39, 0.29) is 17.9 Å². The predicted molar refractivity (Wildman–Crippen MR) is 74.0 cm³/mol. The number of hydrogen-bond acceptors (Lipinski definition) is 4. The number of likely N-dealkylation sites (tertiary alicyclic amines) is 1. The normalized spacial score (nSPS) is 19.2. The molecule has 0 aromatic carbocycles. The molecule has 104 valence electrons. The molecule has 1 saturated heterocycles. The summed E-state index contributed by atoms with van der Waals surface area (Å²) in [7, 11) is 1.38. The second-order valence-electron chi connectivity index (χ2n) is 4.70. The van der Waals surface area contributed by atoms with Gasteiger partial charge in [-0.1, -0.05) is 6.07 Å². The number of rotatable bonds is 4. The van der Waals surface area contributed by atoms with Gasteiger partial charge in [0.2, 0.25) is 5.91 Å². The van der Waals surface area contributed by atoms with Crippen molar-refractivity contribution in [3.63, 3.8) is 0 Å². The van der Waals surface area contributed by atoms with Gasteiger partial charge in [0.15, 0.2) is 0 Å². The Kier molecular flexibility index (Phi) is 4.96. The number of ether oxygens (including phenoxy) is 1. The number of nitrogens with zero attached hydrogens (tertiary/aromatic N) is 1. The first-order valence-electron chi connectivity index (χ1n) is 6.62. The van der Waals surface area contributed by atoms with Gasteiger partial charge >= 0.3 is 5.97 Å². The average Bonchev–Trinajstić information content (AvgIpc) is 2.97. The van der Waals surface area contributed by atoms with Crippen molar-refractivity contribution in [2.75, 3.05) is 13.7 Å². The number of methoxy groups -OCH3 is 1. The predicted octanol–water partition coefficient (Wildman–Crippen LogP) is 2.23. The summed E-state index contributed by atoms with van der Waals surface area (Å²) < 4.78 is 4.79. The van der Waals surface area contributed by atoms with Gasteiger partial charge in [-0.2, -0.15) is 0 Å². The maximum Gasteiger partial charge on any atom is 0.328 e. The molecule has 1 fully saturated rings. The van der Waals surface area contributed by atoms with E-state index in [0.29, 0.717) is 13.0 Å². The van der Waals surface area contributed by atoms with Gasteiger partial charge in [-0.05, 0) is 37.1 Å². The van der Waals surface area contributed by atoms with Crippen LogP contribution >= 0.6 is 11.3 Å². The number of carbonyl (C=O) groups excluding carboxylic acids is 2. The molecular weight excluding hydrogens is 262 g/mol. The van der Waals surface area contributed by atoms with Crippen molar-refractivity contribution >= 4 is 23.2 Å². The zero-order valence-electron chi connectivity index (χ0n) is 11.1. The Hall–Kier alpha value is -1.36. The summed E-state index contributed by atoms with van der Waals surface area (Å²) in [6, 6.07) is 3.64. The molecule has 1 aliphatic heterocycles. The highest BCUT2D eigenvalue weighted by Crippen LogP contribution is 2.20. The second-order valence-corrected chi connectivity index (χ2v) is 5.73. The Balaban J connectivity index is 1.93. The van der Waals surface area contributed by atoms with Crippen LogP contribution in [0, 0.1) is 0 Å². The molecule has 0 aliphatic carbocycles. The summed E-state index contributed by atoms with van der Waals surface area (Å²) in [4.78, 5) is 26.9. The fourth-order valence-electron chi connectivity index (χ4n) is 2.44. The maximum absolute atomic E-state index is 12.2. The van der Waals surface area contributed by atoms with E-state index >= 15 is 0 Å². The molecular formula is C14H19NO3S. The summed E-state index contributed by atoms with van der Waals surface area (Å²) in [5, 5.41) is 2.01. The van der Waals surface area contributed by atoms with Gasteiger partial charge in [0.25, 0.3) is 0 Å². The lowest BCUT2D eigenvalue weighted by Crippen LogP contribution is -2.48. The minimum absolute atomic E-state index is 0.0588. The van der Waals surface area contributed by atoms with Gasteiger partial charge in [-0.3, -0.25) is 4.79 Å². The standard InChI is InChI=1S/C14H19NO3S/c1-18-14(17)12-6-2-3-9-15(12)13(16)8-7-11-5-4-10-19-11/h4-5,10,12H,2-3,6-9H2,1H3/t12-/m1/s1. The molecule has 1 aliphatic rings. The number of hydrogen-bond donors (Lipinski definition) is 0. The quantitative estimate of drug-likeness (QED) is 0.795. The lowest BCUT2D eigenvalue weighted by Gasteiger charge is -2.33. The molecule has 0 radical (unpaired) electrons. The number of thiophene rings is 1. The lowest BCUT2D eigenvalue weighted by molar-refractivity contribution is -0.154. The number of amides is 1. The Morgan fingerprint density at radius 3 is 3.00 bits per heavy atom. The molecule has 1 atom stereocenters. The summed E-state index contributed by atoms with van der Waals surface area (Å²) >= 11 is 1.66. The van der Waals surface area contributed by atoms with Crippen LogP contribution in [-0.2, 0) is 20.7 Å². The molecule has 4 nitrogen and oxygen atoms in total. The largest absolute Gasteiger partial charge is 0.467 e. The molecule has 0 saturated carbocycles. The number of esters is 1. The van der Waals surface area contributed by atoms with E-state index in [1.165, 1.54) is 12.0 Å². The van der Waals surface area contributed by atoms with Crippen molar-refractivity contribution < 1.29 is 14.3 Å². The van der Waals surface area contributed by atoms with Gasteiger partial charge in [0, 0.05) is 17.8 Å². The molecule has 0 spiro atoms. The fourth-order valence-corrected chi connectivity index (χ4v) is 3.15. The van der Waals surface area contributed by atoms with Gasteiger partial charge < -0.3 is 9.64 Å². The Labute approximate surface area is 117 Å². The van der Waals surface area contributed by atoms with E-state index < -0.39 is 0 Å². The monoisotopic (exact) mass is 281 g/mol. The van der Waals surface area contributed by atoms with Crippen LogP contribution in [-0.4, -0.2) is 36.5 Å². The summed E-state index contributed by atoms with van der Waals surface area (Å²) in [6.45, 7) is 0.670.